The molecule has 11 heavy (non-hydrogen) atoms. The van der Waals surface area contributed by atoms with Crippen LogP contribution in [0.3, 0.4) is 0 Å². The Morgan fingerprint density at radius 2 is 2.45 bits per heavy atom. The van der Waals surface area contributed by atoms with Crippen molar-refractivity contribution in [2.24, 2.45) is 0 Å². The van der Waals surface area contributed by atoms with Crippen molar-refractivity contribution in [3.63, 3.8) is 0 Å². The first-order valence-corrected chi connectivity index (χ1v) is 4.15. The minimum Gasteiger partial charge on any atom is -0.479 e. The highest BCUT2D eigenvalue weighted by atomic mass is 32.2. The van der Waals surface area contributed by atoms with Gasteiger partial charge in [-0.3, -0.25) is 0 Å². The first kappa shape index (κ1) is 6.79. The zero-order chi connectivity index (χ0) is 7.68. The van der Waals surface area contributed by atoms with Gasteiger partial charge in [0.15, 0.2) is 5.94 Å². The molecule has 0 spiro atoms. The van der Waals surface area contributed by atoms with Crippen molar-refractivity contribution in [2.75, 3.05) is 10.7 Å². The molecule has 0 atom stereocenters. The van der Waals surface area contributed by atoms with E-state index in [0.717, 1.165) is 5.69 Å². The van der Waals surface area contributed by atoms with Crippen LogP contribution >= 0.6 is 11.9 Å². The monoisotopic (exact) mass is 171 g/mol. The maximum Gasteiger partial charge on any atom is 0.153 e. The second-order valence-corrected chi connectivity index (χ2v) is 2.88. The maximum absolute atomic E-state index is 12.6. The van der Waals surface area contributed by atoms with Crippen molar-refractivity contribution in [2.45, 2.75) is 0 Å². The number of anilines is 1. The van der Waals surface area contributed by atoms with E-state index in [0.29, 0.717) is 11.7 Å². The van der Waals surface area contributed by atoms with Crippen LogP contribution in [-0.2, 0) is 0 Å². The van der Waals surface area contributed by atoms with E-state index in [1.807, 2.05) is 0 Å². The van der Waals surface area contributed by atoms with Crippen LogP contribution in [-0.4, -0.2) is 5.94 Å². The molecule has 0 unspecified atom stereocenters. The summed E-state index contributed by atoms with van der Waals surface area (Å²) in [6.45, 7) is 0. The number of hydrogen-bond donors (Lipinski definition) is 1. The Balaban J connectivity index is 2.43. The summed E-state index contributed by atoms with van der Waals surface area (Å²) in [5.74, 6) is 0.845. The highest BCUT2D eigenvalue weighted by molar-refractivity contribution is 8.00. The Hall–Kier alpha value is -0.900. The van der Waals surface area contributed by atoms with Gasteiger partial charge in [-0.15, -0.1) is 0 Å². The molecule has 1 heterocycles. The Morgan fingerprint density at radius 1 is 1.55 bits per heavy atom. The van der Waals surface area contributed by atoms with Crippen molar-refractivity contribution in [1.29, 1.82) is 0 Å². The molecule has 1 aromatic rings. The van der Waals surface area contributed by atoms with Crippen LogP contribution in [0.2, 0.25) is 0 Å². The summed E-state index contributed by atoms with van der Waals surface area (Å²) in [4.78, 5) is 0. The Bertz CT molecular complexity index is 279. The molecule has 4 heteroatoms. The van der Waals surface area contributed by atoms with E-state index < -0.39 is 0 Å². The van der Waals surface area contributed by atoms with Gasteiger partial charge >= 0.3 is 0 Å². The fourth-order valence-corrected chi connectivity index (χ4v) is 1.47. The molecule has 0 aromatic heterocycles. The predicted octanol–water partition coefficient (Wildman–Crippen LogP) is 2.24. The molecule has 0 saturated carbocycles. The normalized spacial score (nSPS) is 14.6. The van der Waals surface area contributed by atoms with Gasteiger partial charge in [0, 0.05) is 6.07 Å². The third-order valence-corrected chi connectivity index (χ3v) is 2.00. The van der Waals surface area contributed by atoms with E-state index in [-0.39, 0.29) is 5.82 Å². The molecular weight excluding hydrogens is 165 g/mol. The minimum absolute atomic E-state index is 0.266. The lowest BCUT2D eigenvalue weighted by molar-refractivity contribution is 0.389. The van der Waals surface area contributed by atoms with Crippen LogP contribution in [0.1, 0.15) is 0 Å². The van der Waals surface area contributed by atoms with Crippen LogP contribution in [0, 0.1) is 5.82 Å². The van der Waals surface area contributed by atoms with E-state index in [9.17, 15) is 4.39 Å². The summed E-state index contributed by atoms with van der Waals surface area (Å²) < 4.78 is 20.8. The molecule has 1 aliphatic rings. The van der Waals surface area contributed by atoms with Gasteiger partial charge in [0.1, 0.15) is 11.6 Å². The molecule has 2 rings (SSSR count). The van der Waals surface area contributed by atoms with E-state index >= 15 is 0 Å². The number of rotatable bonds is 0. The summed E-state index contributed by atoms with van der Waals surface area (Å²) in [5.41, 5.74) is 0.836. The van der Waals surface area contributed by atoms with Gasteiger partial charge in [-0.05, 0) is 24.1 Å². The zero-order valence-corrected chi connectivity index (χ0v) is 6.45. The van der Waals surface area contributed by atoms with Crippen molar-refractivity contribution >= 4 is 17.6 Å². The molecule has 0 saturated heterocycles. The number of fused-ring (bicyclic) bond motifs is 1. The predicted molar refractivity (Wildman–Crippen MR) is 43.1 cm³/mol. The van der Waals surface area contributed by atoms with Gasteiger partial charge in [0.05, 0.1) is 5.69 Å². The fourth-order valence-electron chi connectivity index (χ4n) is 0.900. The largest absolute Gasteiger partial charge is 0.479 e. The molecule has 58 valence electrons. The maximum atomic E-state index is 12.6. The molecule has 1 aliphatic heterocycles. The first-order chi connectivity index (χ1) is 5.36. The lowest BCUT2D eigenvalue weighted by Crippen LogP contribution is -2.05. The molecule has 0 bridgehead atoms. The molecular formula is C7H6FNOS. The SMILES string of the molecule is Fc1ccc2c(c1)OCSN2. The number of ether oxygens (including phenoxy) is 1. The number of hydrogen-bond acceptors (Lipinski definition) is 3. The molecule has 0 aliphatic carbocycles. The minimum atomic E-state index is -0.266. The number of benzene rings is 1. The second kappa shape index (κ2) is 2.62. The average molecular weight is 171 g/mol. The van der Waals surface area contributed by atoms with Gasteiger partial charge in [-0.2, -0.15) is 0 Å². The fraction of sp³-hybridized carbons (Fsp3) is 0.143. The van der Waals surface area contributed by atoms with Gasteiger partial charge in [-0.25, -0.2) is 4.39 Å². The van der Waals surface area contributed by atoms with E-state index in [2.05, 4.69) is 4.72 Å². The standard InChI is InChI=1S/C7H6FNOS/c8-5-1-2-6-7(3-5)10-4-11-9-6/h1-3,9H,4H2. The third kappa shape index (κ3) is 1.26. The van der Waals surface area contributed by atoms with Gasteiger partial charge in [0.25, 0.3) is 0 Å². The second-order valence-electron chi connectivity index (χ2n) is 2.15. The molecule has 2 nitrogen and oxygen atoms in total. The summed E-state index contributed by atoms with van der Waals surface area (Å²) in [7, 11) is 0. The Morgan fingerprint density at radius 3 is 3.36 bits per heavy atom. The lowest BCUT2D eigenvalue weighted by atomic mass is 10.3. The molecule has 1 aromatic carbocycles. The third-order valence-electron chi connectivity index (χ3n) is 1.40. The van der Waals surface area contributed by atoms with E-state index in [1.54, 1.807) is 6.07 Å². The van der Waals surface area contributed by atoms with Crippen LogP contribution in [0.5, 0.6) is 5.75 Å². The summed E-state index contributed by atoms with van der Waals surface area (Å²) in [6, 6.07) is 4.44. The van der Waals surface area contributed by atoms with Crippen molar-refractivity contribution in [3.8, 4) is 5.75 Å². The summed E-state index contributed by atoms with van der Waals surface area (Å²) >= 11 is 1.45. The highest BCUT2D eigenvalue weighted by Gasteiger charge is 2.09. The molecule has 1 N–H and O–H groups in total. The Labute approximate surface area is 67.9 Å². The number of nitrogens with one attached hydrogen (secondary N) is 1. The molecule has 0 radical (unpaired) electrons. The Kier molecular flexibility index (Phi) is 1.62. The van der Waals surface area contributed by atoms with E-state index in [4.69, 9.17) is 4.74 Å². The smallest absolute Gasteiger partial charge is 0.153 e. The quantitative estimate of drug-likeness (QED) is 0.605. The number of halogens is 1. The molecule has 0 fully saturated rings. The average Bonchev–Trinajstić information content (AvgIpc) is 2.04. The topological polar surface area (TPSA) is 21.3 Å². The van der Waals surface area contributed by atoms with Crippen LogP contribution in [0.25, 0.3) is 0 Å². The zero-order valence-electron chi connectivity index (χ0n) is 5.63. The lowest BCUT2D eigenvalue weighted by Gasteiger charge is -2.17. The van der Waals surface area contributed by atoms with Crippen molar-refractivity contribution in [1.82, 2.24) is 0 Å². The van der Waals surface area contributed by atoms with Gasteiger partial charge in [0.2, 0.25) is 0 Å². The van der Waals surface area contributed by atoms with Crippen LogP contribution in [0.4, 0.5) is 10.1 Å². The highest BCUT2D eigenvalue weighted by Crippen LogP contribution is 2.31. The van der Waals surface area contributed by atoms with Crippen LogP contribution < -0.4 is 9.46 Å². The summed E-state index contributed by atoms with van der Waals surface area (Å²) in [5, 5.41) is 0. The summed E-state index contributed by atoms with van der Waals surface area (Å²) in [6.07, 6.45) is 0. The molecule has 0 amide bonds. The van der Waals surface area contributed by atoms with Crippen molar-refractivity contribution < 1.29 is 9.13 Å². The van der Waals surface area contributed by atoms with Crippen LogP contribution in [0.15, 0.2) is 18.2 Å². The van der Waals surface area contributed by atoms with Gasteiger partial charge in [-0.1, -0.05) is 0 Å². The van der Waals surface area contributed by atoms with E-state index in [1.165, 1.54) is 24.1 Å². The van der Waals surface area contributed by atoms with Gasteiger partial charge < -0.3 is 9.46 Å². The first-order valence-electron chi connectivity index (χ1n) is 3.16. The van der Waals surface area contributed by atoms with Crippen molar-refractivity contribution in [3.05, 3.63) is 24.0 Å².